The van der Waals surface area contributed by atoms with Crippen molar-refractivity contribution in [2.24, 2.45) is 0 Å². The van der Waals surface area contributed by atoms with Gasteiger partial charge in [0.25, 0.3) is 11.6 Å². The van der Waals surface area contributed by atoms with E-state index in [-0.39, 0.29) is 16.4 Å². The average Bonchev–Trinajstić information content (AvgIpc) is 2.81. The first kappa shape index (κ1) is 15.0. The van der Waals surface area contributed by atoms with Crippen LogP contribution in [0.2, 0.25) is 5.02 Å². The molecule has 1 aromatic heterocycles. The number of hydrogen-bond donors (Lipinski definition) is 1. The van der Waals surface area contributed by atoms with Gasteiger partial charge in [-0.2, -0.15) is 5.10 Å². The highest BCUT2D eigenvalue weighted by Gasteiger charge is 2.19. The molecular formula is C13H13ClN4O3. The number of hydrogen-bond acceptors (Lipinski definition) is 4. The van der Waals surface area contributed by atoms with E-state index in [1.54, 1.807) is 11.6 Å². The van der Waals surface area contributed by atoms with Gasteiger partial charge in [-0.3, -0.25) is 19.6 Å². The number of aryl methyl sites for hydroxylation is 1. The van der Waals surface area contributed by atoms with E-state index < -0.39 is 10.8 Å². The quantitative estimate of drug-likeness (QED) is 0.694. The Morgan fingerprint density at radius 2 is 2.24 bits per heavy atom. The van der Waals surface area contributed by atoms with E-state index in [1.165, 1.54) is 24.4 Å². The summed E-state index contributed by atoms with van der Waals surface area (Å²) in [5.74, 6) is -0.447. The Morgan fingerprint density at radius 3 is 2.81 bits per heavy atom. The lowest BCUT2D eigenvalue weighted by Crippen LogP contribution is -2.14. The number of nitro benzene ring substituents is 1. The number of carbonyl (C=O) groups excluding carboxylic acids is 1. The standard InChI is InChI=1S/C13H13ClN4O3/c1-3-17-8(2)10(7-15-17)13(19)16-11-5-4-9(14)6-12(11)18(20)21/h4-7H,3H2,1-2H3,(H,16,19). The van der Waals surface area contributed by atoms with Crippen molar-refractivity contribution >= 4 is 28.9 Å². The van der Waals surface area contributed by atoms with Gasteiger partial charge in [0.05, 0.1) is 16.7 Å². The summed E-state index contributed by atoms with van der Waals surface area (Å²) in [5, 5.41) is 17.8. The number of nitrogens with zero attached hydrogens (tertiary/aromatic N) is 3. The minimum Gasteiger partial charge on any atom is -0.316 e. The third kappa shape index (κ3) is 3.03. The number of halogens is 1. The highest BCUT2D eigenvalue weighted by molar-refractivity contribution is 6.31. The topological polar surface area (TPSA) is 90.1 Å². The Labute approximate surface area is 125 Å². The molecule has 1 aromatic carbocycles. The molecule has 1 heterocycles. The first-order valence-corrected chi connectivity index (χ1v) is 6.59. The summed E-state index contributed by atoms with van der Waals surface area (Å²) in [6.45, 7) is 4.31. The molecule has 110 valence electrons. The van der Waals surface area contributed by atoms with E-state index in [0.29, 0.717) is 17.8 Å². The third-order valence-electron chi connectivity index (χ3n) is 3.05. The molecule has 8 heteroatoms. The zero-order chi connectivity index (χ0) is 15.6. The Bertz CT molecular complexity index is 711. The van der Waals surface area contributed by atoms with Crippen molar-refractivity contribution in [3.63, 3.8) is 0 Å². The largest absolute Gasteiger partial charge is 0.316 e. The second-order valence-electron chi connectivity index (χ2n) is 4.33. The van der Waals surface area contributed by atoms with Gasteiger partial charge < -0.3 is 5.32 Å². The number of aromatic nitrogens is 2. The van der Waals surface area contributed by atoms with Crippen molar-refractivity contribution in [1.82, 2.24) is 9.78 Å². The molecule has 0 radical (unpaired) electrons. The molecule has 1 amide bonds. The molecule has 0 aliphatic carbocycles. The van der Waals surface area contributed by atoms with E-state index in [9.17, 15) is 14.9 Å². The minimum absolute atomic E-state index is 0.0954. The minimum atomic E-state index is -0.593. The molecule has 2 aromatic rings. The van der Waals surface area contributed by atoms with Gasteiger partial charge in [0.2, 0.25) is 0 Å². The molecular weight excluding hydrogens is 296 g/mol. The summed E-state index contributed by atoms with van der Waals surface area (Å²) in [6, 6.07) is 4.07. The summed E-state index contributed by atoms with van der Waals surface area (Å²) < 4.78 is 1.67. The van der Waals surface area contributed by atoms with Gasteiger partial charge in [0, 0.05) is 23.3 Å². The van der Waals surface area contributed by atoms with Crippen molar-refractivity contribution in [3.05, 3.63) is 50.8 Å². The summed E-state index contributed by atoms with van der Waals surface area (Å²) in [7, 11) is 0. The van der Waals surface area contributed by atoms with Crippen molar-refractivity contribution in [3.8, 4) is 0 Å². The maximum atomic E-state index is 12.2. The molecule has 7 nitrogen and oxygen atoms in total. The number of rotatable bonds is 4. The molecule has 0 aliphatic rings. The Balaban J connectivity index is 2.31. The second-order valence-corrected chi connectivity index (χ2v) is 4.77. The van der Waals surface area contributed by atoms with Crippen molar-refractivity contribution in [2.45, 2.75) is 20.4 Å². The summed E-state index contributed by atoms with van der Waals surface area (Å²) in [4.78, 5) is 22.6. The number of nitro groups is 1. The molecule has 0 bridgehead atoms. The zero-order valence-electron chi connectivity index (χ0n) is 11.5. The highest BCUT2D eigenvalue weighted by Crippen LogP contribution is 2.28. The van der Waals surface area contributed by atoms with Crippen LogP contribution in [0, 0.1) is 17.0 Å². The maximum Gasteiger partial charge on any atom is 0.294 e. The lowest BCUT2D eigenvalue weighted by atomic mass is 10.2. The van der Waals surface area contributed by atoms with Crippen LogP contribution in [-0.4, -0.2) is 20.6 Å². The van der Waals surface area contributed by atoms with E-state index in [1.807, 2.05) is 6.92 Å². The van der Waals surface area contributed by atoms with E-state index in [2.05, 4.69) is 10.4 Å². The first-order chi connectivity index (χ1) is 9.93. The second kappa shape index (κ2) is 5.92. The van der Waals surface area contributed by atoms with Crippen LogP contribution in [0.5, 0.6) is 0 Å². The fraction of sp³-hybridized carbons (Fsp3) is 0.231. The molecule has 0 atom stereocenters. The van der Waals surface area contributed by atoms with Gasteiger partial charge in [-0.25, -0.2) is 0 Å². The smallest absolute Gasteiger partial charge is 0.294 e. The summed E-state index contributed by atoms with van der Waals surface area (Å²) in [6.07, 6.45) is 1.44. The molecule has 0 spiro atoms. The third-order valence-corrected chi connectivity index (χ3v) is 3.29. The molecule has 0 unspecified atom stereocenters. The Hall–Kier alpha value is -2.41. The highest BCUT2D eigenvalue weighted by atomic mass is 35.5. The first-order valence-electron chi connectivity index (χ1n) is 6.21. The maximum absolute atomic E-state index is 12.2. The lowest BCUT2D eigenvalue weighted by Gasteiger charge is -2.06. The van der Waals surface area contributed by atoms with Crippen LogP contribution in [0.3, 0.4) is 0 Å². The van der Waals surface area contributed by atoms with Crippen LogP contribution in [0.25, 0.3) is 0 Å². The molecule has 1 N–H and O–H groups in total. The molecule has 0 aliphatic heterocycles. The summed E-state index contributed by atoms with van der Waals surface area (Å²) in [5.41, 5.74) is 0.919. The number of nitrogens with one attached hydrogen (secondary N) is 1. The van der Waals surface area contributed by atoms with Crippen LogP contribution in [0.1, 0.15) is 23.0 Å². The number of amides is 1. The van der Waals surface area contributed by atoms with Gasteiger partial charge >= 0.3 is 0 Å². The summed E-state index contributed by atoms with van der Waals surface area (Å²) >= 11 is 5.73. The van der Waals surface area contributed by atoms with Crippen molar-refractivity contribution < 1.29 is 9.72 Å². The molecule has 2 rings (SSSR count). The fourth-order valence-corrected chi connectivity index (χ4v) is 2.11. The molecule has 21 heavy (non-hydrogen) atoms. The SMILES string of the molecule is CCn1ncc(C(=O)Nc2ccc(Cl)cc2[N+](=O)[O-])c1C. The fourth-order valence-electron chi connectivity index (χ4n) is 1.94. The number of anilines is 1. The lowest BCUT2D eigenvalue weighted by molar-refractivity contribution is -0.383. The van der Waals surface area contributed by atoms with E-state index in [0.717, 1.165) is 0 Å². The van der Waals surface area contributed by atoms with Crippen LogP contribution in [0.4, 0.5) is 11.4 Å². The predicted octanol–water partition coefficient (Wildman–Crippen LogP) is 3.03. The molecule has 0 saturated carbocycles. The van der Waals surface area contributed by atoms with E-state index in [4.69, 9.17) is 11.6 Å². The van der Waals surface area contributed by atoms with Gasteiger partial charge in [-0.1, -0.05) is 11.6 Å². The van der Waals surface area contributed by atoms with Crippen LogP contribution in [0.15, 0.2) is 24.4 Å². The Morgan fingerprint density at radius 1 is 1.52 bits per heavy atom. The van der Waals surface area contributed by atoms with Gasteiger partial charge in [0.15, 0.2) is 0 Å². The zero-order valence-corrected chi connectivity index (χ0v) is 12.2. The van der Waals surface area contributed by atoms with Crippen LogP contribution in [-0.2, 0) is 6.54 Å². The van der Waals surface area contributed by atoms with E-state index >= 15 is 0 Å². The number of carbonyl (C=O) groups is 1. The monoisotopic (exact) mass is 308 g/mol. The van der Waals surface area contributed by atoms with Gasteiger partial charge in [-0.15, -0.1) is 0 Å². The van der Waals surface area contributed by atoms with Gasteiger partial charge in [0.1, 0.15) is 5.69 Å². The van der Waals surface area contributed by atoms with Crippen molar-refractivity contribution in [1.29, 1.82) is 0 Å². The molecule has 0 saturated heterocycles. The average molecular weight is 309 g/mol. The number of benzene rings is 1. The van der Waals surface area contributed by atoms with Gasteiger partial charge in [-0.05, 0) is 26.0 Å². The predicted molar refractivity (Wildman–Crippen MR) is 78.7 cm³/mol. The van der Waals surface area contributed by atoms with Crippen molar-refractivity contribution in [2.75, 3.05) is 5.32 Å². The van der Waals surface area contributed by atoms with Crippen LogP contribution >= 0.6 is 11.6 Å². The normalized spacial score (nSPS) is 10.4. The van der Waals surface area contributed by atoms with Crippen LogP contribution < -0.4 is 5.32 Å². The Kier molecular flexibility index (Phi) is 4.23. The molecule has 0 fully saturated rings.